The zero-order valence-electron chi connectivity index (χ0n) is 10.1. The number of carbonyl (C=O) groups excluding carboxylic acids is 1. The summed E-state index contributed by atoms with van der Waals surface area (Å²) in [7, 11) is 0. The van der Waals surface area contributed by atoms with Crippen molar-refractivity contribution in [2.75, 3.05) is 13.2 Å². The molecule has 0 saturated carbocycles. The number of para-hydroxylation sites is 1. The van der Waals surface area contributed by atoms with Crippen LogP contribution in [0.2, 0.25) is 0 Å². The van der Waals surface area contributed by atoms with Crippen LogP contribution < -0.4 is 10.1 Å². The van der Waals surface area contributed by atoms with Crippen LogP contribution in [0.3, 0.4) is 0 Å². The quantitative estimate of drug-likeness (QED) is 0.788. The van der Waals surface area contributed by atoms with E-state index in [0.29, 0.717) is 5.92 Å². The van der Waals surface area contributed by atoms with E-state index >= 15 is 0 Å². The monoisotopic (exact) mass is 232 g/mol. The van der Waals surface area contributed by atoms with E-state index in [1.165, 1.54) is 0 Å². The van der Waals surface area contributed by atoms with Crippen molar-refractivity contribution in [2.24, 2.45) is 0 Å². The van der Waals surface area contributed by atoms with Gasteiger partial charge in [0.1, 0.15) is 12.3 Å². The second-order valence-corrected chi connectivity index (χ2v) is 3.92. The van der Waals surface area contributed by atoms with Gasteiger partial charge < -0.3 is 10.1 Å². The number of nitriles is 1. The van der Waals surface area contributed by atoms with Crippen molar-refractivity contribution >= 4 is 5.91 Å². The number of nitrogens with one attached hydrogen (secondary N) is 1. The summed E-state index contributed by atoms with van der Waals surface area (Å²) in [6.45, 7) is 4.08. The molecule has 1 aromatic rings. The molecule has 4 heteroatoms. The third kappa shape index (κ3) is 4.15. The molecule has 1 N–H and O–H groups in total. The molecule has 1 amide bonds. The smallest absolute Gasteiger partial charge is 0.258 e. The number of rotatable bonds is 5. The van der Waals surface area contributed by atoms with Crippen LogP contribution in [-0.2, 0) is 4.79 Å². The molecule has 0 fully saturated rings. The van der Waals surface area contributed by atoms with Crippen molar-refractivity contribution in [3.05, 3.63) is 29.8 Å². The Hall–Kier alpha value is -2.02. The van der Waals surface area contributed by atoms with Gasteiger partial charge in [0.2, 0.25) is 0 Å². The third-order valence-corrected chi connectivity index (χ3v) is 2.26. The first-order chi connectivity index (χ1) is 8.15. The van der Waals surface area contributed by atoms with E-state index in [4.69, 9.17) is 10.00 Å². The van der Waals surface area contributed by atoms with E-state index in [1.807, 2.05) is 30.3 Å². The molecule has 0 heterocycles. The topological polar surface area (TPSA) is 62.1 Å². The van der Waals surface area contributed by atoms with Gasteiger partial charge in [0.15, 0.2) is 6.61 Å². The highest BCUT2D eigenvalue weighted by Gasteiger charge is 2.08. The number of hydrogen-bond donors (Lipinski definition) is 1. The van der Waals surface area contributed by atoms with Gasteiger partial charge in [0.25, 0.3) is 5.91 Å². The van der Waals surface area contributed by atoms with Crippen molar-refractivity contribution in [3.8, 4) is 11.8 Å². The first-order valence-electron chi connectivity index (χ1n) is 5.50. The SMILES string of the molecule is CC(C)c1ccccc1OCC(=O)NCC#N. The Morgan fingerprint density at radius 2 is 2.18 bits per heavy atom. The lowest BCUT2D eigenvalue weighted by molar-refractivity contribution is -0.122. The van der Waals surface area contributed by atoms with Gasteiger partial charge in [-0.15, -0.1) is 0 Å². The molecule has 1 rings (SSSR count). The van der Waals surface area contributed by atoms with Crippen LogP contribution >= 0.6 is 0 Å². The molecule has 0 radical (unpaired) electrons. The van der Waals surface area contributed by atoms with Gasteiger partial charge in [0, 0.05) is 0 Å². The lowest BCUT2D eigenvalue weighted by atomic mass is 10.0. The van der Waals surface area contributed by atoms with Gasteiger partial charge in [-0.2, -0.15) is 5.26 Å². The molecule has 0 aliphatic heterocycles. The second kappa shape index (κ2) is 6.54. The Kier molecular flexibility index (Phi) is 5.02. The zero-order chi connectivity index (χ0) is 12.7. The van der Waals surface area contributed by atoms with E-state index in [-0.39, 0.29) is 19.1 Å². The molecule has 0 atom stereocenters. The fourth-order valence-electron chi connectivity index (χ4n) is 1.42. The van der Waals surface area contributed by atoms with E-state index in [0.717, 1.165) is 11.3 Å². The Morgan fingerprint density at radius 1 is 1.47 bits per heavy atom. The average molecular weight is 232 g/mol. The van der Waals surface area contributed by atoms with Gasteiger partial charge >= 0.3 is 0 Å². The molecule has 17 heavy (non-hydrogen) atoms. The number of hydrogen-bond acceptors (Lipinski definition) is 3. The van der Waals surface area contributed by atoms with E-state index < -0.39 is 0 Å². The number of ether oxygens (including phenoxy) is 1. The maximum Gasteiger partial charge on any atom is 0.258 e. The summed E-state index contributed by atoms with van der Waals surface area (Å²) in [4.78, 5) is 11.3. The summed E-state index contributed by atoms with van der Waals surface area (Å²) >= 11 is 0. The highest BCUT2D eigenvalue weighted by Crippen LogP contribution is 2.25. The molecule has 1 aromatic carbocycles. The van der Waals surface area contributed by atoms with E-state index in [1.54, 1.807) is 0 Å². The Bertz CT molecular complexity index is 422. The van der Waals surface area contributed by atoms with Gasteiger partial charge in [-0.3, -0.25) is 4.79 Å². The largest absolute Gasteiger partial charge is 0.483 e. The Labute approximate surface area is 101 Å². The highest BCUT2D eigenvalue weighted by molar-refractivity contribution is 5.77. The molecule has 0 spiro atoms. The van der Waals surface area contributed by atoms with Gasteiger partial charge in [-0.05, 0) is 17.5 Å². The van der Waals surface area contributed by atoms with Gasteiger partial charge in [0.05, 0.1) is 6.07 Å². The van der Waals surface area contributed by atoms with Crippen molar-refractivity contribution < 1.29 is 9.53 Å². The van der Waals surface area contributed by atoms with Crippen LogP contribution in [0.5, 0.6) is 5.75 Å². The summed E-state index contributed by atoms with van der Waals surface area (Å²) in [5.74, 6) is 0.771. The summed E-state index contributed by atoms with van der Waals surface area (Å²) in [6.07, 6.45) is 0. The van der Waals surface area contributed by atoms with Crippen LogP contribution in [0.25, 0.3) is 0 Å². The van der Waals surface area contributed by atoms with E-state index in [9.17, 15) is 4.79 Å². The summed E-state index contributed by atoms with van der Waals surface area (Å²) in [5, 5.41) is 10.7. The van der Waals surface area contributed by atoms with E-state index in [2.05, 4.69) is 19.2 Å². The van der Waals surface area contributed by atoms with Crippen LogP contribution in [-0.4, -0.2) is 19.1 Å². The predicted molar refractivity (Wildman–Crippen MR) is 64.6 cm³/mol. The van der Waals surface area contributed by atoms with Crippen LogP contribution in [0.15, 0.2) is 24.3 Å². The summed E-state index contributed by atoms with van der Waals surface area (Å²) < 4.78 is 5.44. The van der Waals surface area contributed by atoms with Gasteiger partial charge in [-0.1, -0.05) is 32.0 Å². The van der Waals surface area contributed by atoms with Crippen LogP contribution in [0, 0.1) is 11.3 Å². The first kappa shape index (κ1) is 13.0. The zero-order valence-corrected chi connectivity index (χ0v) is 10.1. The van der Waals surface area contributed by atoms with Crippen molar-refractivity contribution in [1.82, 2.24) is 5.32 Å². The normalized spacial score (nSPS) is 9.76. The number of nitrogens with zero attached hydrogens (tertiary/aromatic N) is 1. The minimum absolute atomic E-state index is 0.00796. The maximum absolute atomic E-state index is 11.3. The highest BCUT2D eigenvalue weighted by atomic mass is 16.5. The summed E-state index contributed by atoms with van der Waals surface area (Å²) in [6, 6.07) is 9.47. The standard InChI is InChI=1S/C13H16N2O2/c1-10(2)11-5-3-4-6-12(11)17-9-13(16)15-8-7-14/h3-6,10H,8-9H2,1-2H3,(H,15,16). The number of amides is 1. The summed E-state index contributed by atoms with van der Waals surface area (Å²) in [5.41, 5.74) is 1.07. The Balaban J connectivity index is 2.57. The molecule has 0 bridgehead atoms. The predicted octanol–water partition coefficient (Wildman–Crippen LogP) is 1.83. The van der Waals surface area contributed by atoms with Crippen molar-refractivity contribution in [1.29, 1.82) is 5.26 Å². The molecule has 0 aromatic heterocycles. The molecule has 0 saturated heterocycles. The lowest BCUT2D eigenvalue weighted by Gasteiger charge is -2.13. The average Bonchev–Trinajstić information content (AvgIpc) is 2.34. The molecular weight excluding hydrogens is 216 g/mol. The van der Waals surface area contributed by atoms with Crippen LogP contribution in [0.4, 0.5) is 0 Å². The third-order valence-electron chi connectivity index (χ3n) is 2.26. The second-order valence-electron chi connectivity index (χ2n) is 3.92. The van der Waals surface area contributed by atoms with Crippen LogP contribution in [0.1, 0.15) is 25.3 Å². The molecule has 4 nitrogen and oxygen atoms in total. The Morgan fingerprint density at radius 3 is 2.82 bits per heavy atom. The van der Waals surface area contributed by atoms with Crippen molar-refractivity contribution in [2.45, 2.75) is 19.8 Å². The lowest BCUT2D eigenvalue weighted by Crippen LogP contribution is -2.29. The fourth-order valence-corrected chi connectivity index (χ4v) is 1.42. The first-order valence-corrected chi connectivity index (χ1v) is 5.50. The van der Waals surface area contributed by atoms with Gasteiger partial charge in [-0.25, -0.2) is 0 Å². The molecule has 90 valence electrons. The minimum Gasteiger partial charge on any atom is -0.483 e. The minimum atomic E-state index is -0.287. The van der Waals surface area contributed by atoms with Crippen molar-refractivity contribution in [3.63, 3.8) is 0 Å². The molecular formula is C13H16N2O2. The molecule has 0 aliphatic rings. The number of carbonyl (C=O) groups is 1. The fraction of sp³-hybridized carbons (Fsp3) is 0.385. The maximum atomic E-state index is 11.3. The number of benzene rings is 1. The molecule has 0 aliphatic carbocycles. The molecule has 0 unspecified atom stereocenters.